The Kier molecular flexibility index (Phi) is 1.60. The normalized spacial score (nSPS) is 17.3. The molecule has 0 radical (unpaired) electrons. The maximum atomic E-state index is 4.22. The van der Waals surface area contributed by atoms with Crippen LogP contribution in [0.2, 0.25) is 0 Å². The fraction of sp³-hybridized carbons (Fsp3) is 0.429. The van der Waals surface area contributed by atoms with Crippen LogP contribution >= 0.6 is 22.6 Å². The zero-order valence-corrected chi connectivity index (χ0v) is 7.58. The molecule has 1 saturated carbocycles. The zero-order chi connectivity index (χ0) is 6.97. The number of nitrogens with zero attached hydrogens (tertiary/aromatic N) is 2. The molecule has 0 saturated heterocycles. The molecule has 0 amide bonds. The highest BCUT2D eigenvalue weighted by Gasteiger charge is 2.26. The average molecular weight is 246 g/mol. The molecule has 1 fully saturated rings. The summed E-state index contributed by atoms with van der Waals surface area (Å²) in [6.45, 7) is 0. The Hall–Kier alpha value is -0.190. The molecule has 0 spiro atoms. The Labute approximate surface area is 73.2 Å². The molecule has 1 aliphatic carbocycles. The van der Waals surface area contributed by atoms with Crippen LogP contribution in [-0.2, 0) is 0 Å². The largest absolute Gasteiger partial charge is 0.244 e. The van der Waals surface area contributed by atoms with Crippen LogP contribution in [0.4, 0.5) is 0 Å². The van der Waals surface area contributed by atoms with Crippen LogP contribution in [0.15, 0.2) is 12.5 Å². The van der Waals surface area contributed by atoms with Gasteiger partial charge in [0.25, 0.3) is 0 Å². The van der Waals surface area contributed by atoms with Gasteiger partial charge in [0.2, 0.25) is 0 Å². The second-order valence-electron chi connectivity index (χ2n) is 2.53. The lowest BCUT2D eigenvalue weighted by molar-refractivity contribution is 0.971. The minimum absolute atomic E-state index is 0.745. The molecule has 2 nitrogen and oxygen atoms in total. The van der Waals surface area contributed by atoms with Crippen LogP contribution in [0.25, 0.3) is 0 Å². The lowest BCUT2D eigenvalue weighted by Crippen LogP contribution is -1.90. The van der Waals surface area contributed by atoms with Crippen LogP contribution in [0.5, 0.6) is 0 Å². The molecule has 1 aromatic heterocycles. The van der Waals surface area contributed by atoms with Crippen molar-refractivity contribution >= 4 is 22.6 Å². The monoisotopic (exact) mass is 246 g/mol. The average Bonchev–Trinajstić information content (AvgIpc) is 2.71. The lowest BCUT2D eigenvalue weighted by Gasteiger charge is -1.96. The second-order valence-corrected chi connectivity index (χ2v) is 3.69. The quantitative estimate of drug-likeness (QED) is 0.708. The summed E-state index contributed by atoms with van der Waals surface area (Å²) >= 11 is 2.29. The maximum Gasteiger partial charge on any atom is 0.115 e. The molecule has 0 N–H and O–H groups in total. The molecular weight excluding hydrogens is 239 g/mol. The number of rotatable bonds is 1. The smallest absolute Gasteiger partial charge is 0.115 e. The van der Waals surface area contributed by atoms with Gasteiger partial charge in [0.05, 0.1) is 9.26 Å². The molecule has 52 valence electrons. The van der Waals surface area contributed by atoms with Crippen molar-refractivity contribution in [3.8, 4) is 0 Å². The van der Waals surface area contributed by atoms with Gasteiger partial charge in [-0.1, -0.05) is 0 Å². The molecule has 0 aliphatic heterocycles. The van der Waals surface area contributed by atoms with Crippen LogP contribution in [0, 0.1) is 3.57 Å². The minimum atomic E-state index is 0.745. The summed E-state index contributed by atoms with van der Waals surface area (Å²) < 4.78 is 1.21. The zero-order valence-electron chi connectivity index (χ0n) is 5.42. The molecule has 0 bridgehead atoms. The van der Waals surface area contributed by atoms with E-state index in [1.807, 2.05) is 6.20 Å². The third-order valence-corrected chi connectivity index (χ3v) is 2.49. The van der Waals surface area contributed by atoms with E-state index in [-0.39, 0.29) is 0 Å². The van der Waals surface area contributed by atoms with E-state index in [4.69, 9.17) is 0 Å². The van der Waals surface area contributed by atoms with E-state index in [1.165, 1.54) is 22.1 Å². The summed E-state index contributed by atoms with van der Waals surface area (Å²) in [4.78, 5) is 8.16. The van der Waals surface area contributed by atoms with Crippen LogP contribution in [0.1, 0.15) is 24.5 Å². The van der Waals surface area contributed by atoms with Crippen molar-refractivity contribution < 1.29 is 0 Å². The Bertz CT molecular complexity index is 245. The molecule has 10 heavy (non-hydrogen) atoms. The Balaban J connectivity index is 2.39. The van der Waals surface area contributed by atoms with Gasteiger partial charge in [-0.25, -0.2) is 9.97 Å². The summed E-state index contributed by atoms with van der Waals surface area (Å²) in [5.41, 5.74) is 1.25. The predicted molar refractivity (Wildman–Crippen MR) is 46.7 cm³/mol. The third-order valence-electron chi connectivity index (χ3n) is 1.66. The highest BCUT2D eigenvalue weighted by Crippen LogP contribution is 2.40. The van der Waals surface area contributed by atoms with Crippen molar-refractivity contribution in [3.05, 3.63) is 21.8 Å². The van der Waals surface area contributed by atoms with E-state index < -0.39 is 0 Å². The van der Waals surface area contributed by atoms with Crippen molar-refractivity contribution in [1.82, 2.24) is 9.97 Å². The Morgan fingerprint density at radius 2 is 2.30 bits per heavy atom. The van der Waals surface area contributed by atoms with Crippen LogP contribution < -0.4 is 0 Å². The van der Waals surface area contributed by atoms with E-state index in [0.29, 0.717) is 0 Å². The summed E-state index contributed by atoms with van der Waals surface area (Å²) in [7, 11) is 0. The van der Waals surface area contributed by atoms with E-state index in [2.05, 4.69) is 32.6 Å². The van der Waals surface area contributed by atoms with E-state index in [0.717, 1.165) is 5.92 Å². The molecule has 0 aromatic carbocycles. The first kappa shape index (κ1) is 6.52. The van der Waals surface area contributed by atoms with E-state index in [1.54, 1.807) is 6.33 Å². The SMILES string of the molecule is Ic1cncnc1C1CC1. The van der Waals surface area contributed by atoms with Crippen molar-refractivity contribution in [3.63, 3.8) is 0 Å². The summed E-state index contributed by atoms with van der Waals surface area (Å²) in [5, 5.41) is 0. The molecule has 1 aromatic rings. The first-order valence-corrected chi connectivity index (χ1v) is 4.41. The van der Waals surface area contributed by atoms with Crippen molar-refractivity contribution in [2.45, 2.75) is 18.8 Å². The predicted octanol–water partition coefficient (Wildman–Crippen LogP) is 1.96. The summed E-state index contributed by atoms with van der Waals surface area (Å²) in [6.07, 6.45) is 6.14. The number of hydrogen-bond acceptors (Lipinski definition) is 2. The molecule has 0 unspecified atom stereocenters. The second kappa shape index (κ2) is 2.45. The van der Waals surface area contributed by atoms with Crippen LogP contribution in [0.3, 0.4) is 0 Å². The fourth-order valence-corrected chi connectivity index (χ4v) is 1.72. The topological polar surface area (TPSA) is 25.8 Å². The van der Waals surface area contributed by atoms with E-state index >= 15 is 0 Å². The highest BCUT2D eigenvalue weighted by molar-refractivity contribution is 14.1. The van der Waals surface area contributed by atoms with Gasteiger partial charge in [0, 0.05) is 12.1 Å². The Morgan fingerprint density at radius 1 is 1.50 bits per heavy atom. The lowest BCUT2D eigenvalue weighted by atomic mass is 10.3. The van der Waals surface area contributed by atoms with E-state index in [9.17, 15) is 0 Å². The highest BCUT2D eigenvalue weighted by atomic mass is 127. The first-order chi connectivity index (χ1) is 4.88. The molecule has 3 heteroatoms. The first-order valence-electron chi connectivity index (χ1n) is 3.33. The number of aromatic nitrogens is 2. The van der Waals surface area contributed by atoms with Gasteiger partial charge < -0.3 is 0 Å². The van der Waals surface area contributed by atoms with Gasteiger partial charge in [-0.05, 0) is 35.4 Å². The van der Waals surface area contributed by atoms with Gasteiger partial charge in [0.1, 0.15) is 6.33 Å². The Morgan fingerprint density at radius 3 is 2.90 bits per heavy atom. The summed E-state index contributed by atoms with van der Waals surface area (Å²) in [6, 6.07) is 0. The van der Waals surface area contributed by atoms with Crippen molar-refractivity contribution in [1.29, 1.82) is 0 Å². The minimum Gasteiger partial charge on any atom is -0.244 e. The number of hydrogen-bond donors (Lipinski definition) is 0. The fourth-order valence-electron chi connectivity index (χ4n) is 0.979. The molecule has 1 heterocycles. The van der Waals surface area contributed by atoms with Gasteiger partial charge >= 0.3 is 0 Å². The van der Waals surface area contributed by atoms with Gasteiger partial charge in [-0.3, -0.25) is 0 Å². The molecular formula is C7H7IN2. The third kappa shape index (κ3) is 1.14. The van der Waals surface area contributed by atoms with Crippen LogP contribution in [-0.4, -0.2) is 9.97 Å². The van der Waals surface area contributed by atoms with Gasteiger partial charge in [0.15, 0.2) is 0 Å². The van der Waals surface area contributed by atoms with Crippen molar-refractivity contribution in [2.75, 3.05) is 0 Å². The maximum absolute atomic E-state index is 4.22. The number of halogens is 1. The van der Waals surface area contributed by atoms with Crippen molar-refractivity contribution in [2.24, 2.45) is 0 Å². The summed E-state index contributed by atoms with van der Waals surface area (Å²) in [5.74, 6) is 0.745. The molecule has 0 atom stereocenters. The van der Waals surface area contributed by atoms with Gasteiger partial charge in [-0.15, -0.1) is 0 Å². The van der Waals surface area contributed by atoms with Gasteiger partial charge in [-0.2, -0.15) is 0 Å². The molecule has 2 rings (SSSR count). The molecule has 1 aliphatic rings. The standard InChI is InChI=1S/C7H7IN2/c8-6-3-9-4-10-7(6)5-1-2-5/h3-5H,1-2H2.